The summed E-state index contributed by atoms with van der Waals surface area (Å²) in [7, 11) is 0. The second-order valence-corrected chi connectivity index (χ2v) is 5.88. The average Bonchev–Trinajstić information content (AvgIpc) is 3.05. The lowest BCUT2D eigenvalue weighted by Crippen LogP contribution is -2.19. The summed E-state index contributed by atoms with van der Waals surface area (Å²) in [4.78, 5) is 19.7. The van der Waals surface area contributed by atoms with E-state index in [2.05, 4.69) is 9.97 Å². The molecule has 7 nitrogen and oxygen atoms in total. The second kappa shape index (κ2) is 7.93. The van der Waals surface area contributed by atoms with E-state index in [4.69, 9.17) is 25.8 Å². The lowest BCUT2D eigenvalue weighted by atomic mass is 10.4. The van der Waals surface area contributed by atoms with Gasteiger partial charge in [0.15, 0.2) is 18.1 Å². The Morgan fingerprint density at radius 2 is 2.07 bits per heavy atom. The van der Waals surface area contributed by atoms with Crippen molar-refractivity contribution >= 4 is 23.2 Å². The number of fused-ring (bicyclic) bond motifs is 1. The molecule has 0 unspecified atom stereocenters. The number of ether oxygens (including phenoxy) is 3. The molecule has 0 aliphatic carbocycles. The number of rotatable bonds is 6. The molecule has 3 aromatic rings. The zero-order chi connectivity index (χ0) is 20.3. The van der Waals surface area contributed by atoms with Gasteiger partial charge in [-0.1, -0.05) is 11.6 Å². The van der Waals surface area contributed by atoms with E-state index < -0.39 is 18.8 Å². The topological polar surface area (TPSA) is 75.0 Å². The predicted molar refractivity (Wildman–Crippen MR) is 92.0 cm³/mol. The van der Waals surface area contributed by atoms with Gasteiger partial charge in [0.05, 0.1) is 17.8 Å². The molecule has 0 N–H and O–H groups in total. The number of hydrogen-bond donors (Lipinski definition) is 0. The van der Waals surface area contributed by atoms with E-state index in [0.29, 0.717) is 5.65 Å². The van der Waals surface area contributed by atoms with Crippen molar-refractivity contribution in [2.75, 3.05) is 13.2 Å². The highest BCUT2D eigenvalue weighted by Gasteiger charge is 2.29. The molecular formula is C17H13ClF3N3O4. The molecule has 0 saturated carbocycles. The number of hydrogen-bond acceptors (Lipinski definition) is 6. The van der Waals surface area contributed by atoms with Gasteiger partial charge in [0.25, 0.3) is 5.88 Å². The zero-order valence-corrected chi connectivity index (χ0v) is 15.1. The normalized spacial score (nSPS) is 11.5. The van der Waals surface area contributed by atoms with Crippen LogP contribution in [0.1, 0.15) is 17.4 Å². The summed E-state index contributed by atoms with van der Waals surface area (Å²) in [5.41, 5.74) is 0.561. The first-order valence-electron chi connectivity index (χ1n) is 7.94. The summed E-state index contributed by atoms with van der Waals surface area (Å²) in [5.74, 6) is -0.802. The SMILES string of the molecule is CCOC(=O)c1cn2cc(Oc3ncc(Cl)cc3OCC(F)(F)F)ccc2n1. The highest BCUT2D eigenvalue weighted by atomic mass is 35.5. The number of halogens is 4. The summed E-state index contributed by atoms with van der Waals surface area (Å²) >= 11 is 5.77. The van der Waals surface area contributed by atoms with E-state index in [0.717, 1.165) is 0 Å². The average molecular weight is 416 g/mol. The van der Waals surface area contributed by atoms with Crippen LogP contribution in [0.25, 0.3) is 5.65 Å². The van der Waals surface area contributed by atoms with Crippen molar-refractivity contribution in [1.29, 1.82) is 0 Å². The molecule has 0 aliphatic rings. The standard InChI is InChI=1S/C17H13ClF3N3O4/c1-2-26-16(25)12-8-24-7-11(3-4-14(24)23-12)28-15-13(5-10(18)6-22-15)27-9-17(19,20)21/h3-8H,2,9H2,1H3. The lowest BCUT2D eigenvalue weighted by Gasteiger charge is -2.13. The van der Waals surface area contributed by atoms with Gasteiger partial charge in [-0.25, -0.2) is 14.8 Å². The van der Waals surface area contributed by atoms with Crippen LogP contribution in [-0.4, -0.2) is 39.7 Å². The van der Waals surface area contributed by atoms with Gasteiger partial charge in [0, 0.05) is 18.5 Å². The van der Waals surface area contributed by atoms with Gasteiger partial charge in [0.2, 0.25) is 0 Å². The molecule has 3 aromatic heterocycles. The molecule has 0 spiro atoms. The molecule has 3 rings (SSSR count). The third kappa shape index (κ3) is 4.83. The summed E-state index contributed by atoms with van der Waals surface area (Å²) in [6.07, 6.45) is -0.393. The fourth-order valence-electron chi connectivity index (χ4n) is 2.19. The molecule has 0 radical (unpaired) electrons. The van der Waals surface area contributed by atoms with Crippen molar-refractivity contribution in [3.63, 3.8) is 0 Å². The molecule has 3 heterocycles. The first-order chi connectivity index (χ1) is 13.2. The van der Waals surface area contributed by atoms with Gasteiger partial charge in [0.1, 0.15) is 11.4 Å². The summed E-state index contributed by atoms with van der Waals surface area (Å²) in [6.45, 7) is 0.371. The molecule has 0 aliphatic heterocycles. The molecule has 148 valence electrons. The third-order valence-electron chi connectivity index (χ3n) is 3.30. The van der Waals surface area contributed by atoms with Crippen LogP contribution in [-0.2, 0) is 4.74 Å². The Bertz CT molecular complexity index is 1010. The first kappa shape index (κ1) is 19.7. The fourth-order valence-corrected chi connectivity index (χ4v) is 2.34. The molecule has 0 bridgehead atoms. The lowest BCUT2D eigenvalue weighted by molar-refractivity contribution is -0.153. The molecule has 11 heteroatoms. The van der Waals surface area contributed by atoms with Gasteiger partial charge >= 0.3 is 12.1 Å². The van der Waals surface area contributed by atoms with Crippen molar-refractivity contribution in [3.05, 3.63) is 47.5 Å². The second-order valence-electron chi connectivity index (χ2n) is 5.44. The smallest absolute Gasteiger partial charge is 0.422 e. The zero-order valence-electron chi connectivity index (χ0n) is 14.4. The number of carbonyl (C=O) groups is 1. The van der Waals surface area contributed by atoms with Gasteiger partial charge < -0.3 is 18.6 Å². The molecule has 0 amide bonds. The van der Waals surface area contributed by atoms with Gasteiger partial charge in [-0.05, 0) is 19.1 Å². The molecule has 0 aromatic carbocycles. The van der Waals surface area contributed by atoms with Crippen molar-refractivity contribution in [3.8, 4) is 17.4 Å². The highest BCUT2D eigenvalue weighted by Crippen LogP contribution is 2.32. The van der Waals surface area contributed by atoms with Crippen LogP contribution in [0, 0.1) is 0 Å². The van der Waals surface area contributed by atoms with Crippen molar-refractivity contribution < 1.29 is 32.2 Å². The Labute approximate surface area is 161 Å². The van der Waals surface area contributed by atoms with Crippen LogP contribution in [0.3, 0.4) is 0 Å². The maximum absolute atomic E-state index is 12.4. The number of pyridine rings is 2. The predicted octanol–water partition coefficient (Wildman–Crippen LogP) is 4.29. The minimum absolute atomic E-state index is 0.0914. The van der Waals surface area contributed by atoms with Gasteiger partial charge in [-0.2, -0.15) is 13.2 Å². The number of imidazole rings is 1. The van der Waals surface area contributed by atoms with Crippen molar-refractivity contribution in [2.24, 2.45) is 0 Å². The van der Waals surface area contributed by atoms with Crippen molar-refractivity contribution in [1.82, 2.24) is 14.4 Å². The quantitative estimate of drug-likeness (QED) is 0.559. The minimum atomic E-state index is -4.53. The first-order valence-corrected chi connectivity index (χ1v) is 8.32. The maximum atomic E-state index is 12.4. The third-order valence-corrected chi connectivity index (χ3v) is 3.51. The van der Waals surface area contributed by atoms with Crippen LogP contribution >= 0.6 is 11.6 Å². The Morgan fingerprint density at radius 1 is 1.29 bits per heavy atom. The van der Waals surface area contributed by atoms with E-state index in [-0.39, 0.29) is 34.7 Å². The van der Waals surface area contributed by atoms with Gasteiger partial charge in [-0.3, -0.25) is 0 Å². The Hall–Kier alpha value is -3.01. The molecule has 0 saturated heterocycles. The molecule has 28 heavy (non-hydrogen) atoms. The van der Waals surface area contributed by atoms with Gasteiger partial charge in [-0.15, -0.1) is 0 Å². The largest absolute Gasteiger partial charge is 0.478 e. The fraction of sp³-hybridized carbons (Fsp3) is 0.235. The minimum Gasteiger partial charge on any atom is -0.478 e. The number of aromatic nitrogens is 3. The van der Waals surface area contributed by atoms with E-state index in [9.17, 15) is 18.0 Å². The van der Waals surface area contributed by atoms with Crippen LogP contribution in [0.15, 0.2) is 36.8 Å². The molecular weight excluding hydrogens is 403 g/mol. The Kier molecular flexibility index (Phi) is 5.59. The Balaban J connectivity index is 1.85. The number of alkyl halides is 3. The molecule has 0 atom stereocenters. The van der Waals surface area contributed by atoms with E-state index in [1.165, 1.54) is 35.1 Å². The van der Waals surface area contributed by atoms with E-state index in [1.54, 1.807) is 13.0 Å². The maximum Gasteiger partial charge on any atom is 0.422 e. The highest BCUT2D eigenvalue weighted by molar-refractivity contribution is 6.30. The number of nitrogens with zero attached hydrogens (tertiary/aromatic N) is 3. The summed E-state index contributed by atoms with van der Waals surface area (Å²) in [6, 6.07) is 4.25. The monoisotopic (exact) mass is 415 g/mol. The molecule has 0 fully saturated rings. The van der Waals surface area contributed by atoms with Crippen LogP contribution in [0.5, 0.6) is 17.4 Å². The van der Waals surface area contributed by atoms with E-state index >= 15 is 0 Å². The van der Waals surface area contributed by atoms with E-state index in [1.807, 2.05) is 0 Å². The van der Waals surface area contributed by atoms with Crippen LogP contribution in [0.2, 0.25) is 5.02 Å². The van der Waals surface area contributed by atoms with Crippen molar-refractivity contribution in [2.45, 2.75) is 13.1 Å². The Morgan fingerprint density at radius 3 is 2.79 bits per heavy atom. The summed E-state index contributed by atoms with van der Waals surface area (Å²) < 4.78 is 53.9. The summed E-state index contributed by atoms with van der Waals surface area (Å²) in [5, 5.41) is 0.0914. The number of carbonyl (C=O) groups excluding carboxylic acids is 1. The number of esters is 1. The van der Waals surface area contributed by atoms with Crippen LogP contribution < -0.4 is 9.47 Å². The van der Waals surface area contributed by atoms with Crippen LogP contribution in [0.4, 0.5) is 13.2 Å².